The quantitative estimate of drug-likeness (QED) is 0.672. The molecular formula is C15H28N2O3. The fraction of sp³-hybridized carbons (Fsp3) is 0.867. The molecule has 0 heterocycles. The number of nitrogens with one attached hydrogen (secondary N) is 2. The van der Waals surface area contributed by atoms with E-state index in [2.05, 4.69) is 17.6 Å². The lowest BCUT2D eigenvalue weighted by atomic mass is 9.85. The third-order valence-electron chi connectivity index (χ3n) is 4.21. The Morgan fingerprint density at radius 1 is 1.20 bits per heavy atom. The van der Waals surface area contributed by atoms with E-state index in [1.807, 2.05) is 6.92 Å². The number of hydrogen-bond donors (Lipinski definition) is 3. The first-order valence-corrected chi connectivity index (χ1v) is 7.86. The van der Waals surface area contributed by atoms with Crippen molar-refractivity contribution in [2.75, 3.05) is 0 Å². The van der Waals surface area contributed by atoms with Gasteiger partial charge in [-0.05, 0) is 38.0 Å². The van der Waals surface area contributed by atoms with Crippen LogP contribution in [0.4, 0.5) is 4.79 Å². The summed E-state index contributed by atoms with van der Waals surface area (Å²) in [6.07, 6.45) is 7.72. The van der Waals surface area contributed by atoms with Crippen LogP contribution < -0.4 is 10.6 Å². The number of carboxylic acid groups (broad SMARTS) is 1. The molecule has 3 N–H and O–H groups in total. The van der Waals surface area contributed by atoms with E-state index in [-0.39, 0.29) is 12.1 Å². The molecule has 1 aliphatic rings. The van der Waals surface area contributed by atoms with Gasteiger partial charge >= 0.3 is 12.0 Å². The maximum absolute atomic E-state index is 11.9. The molecule has 0 radical (unpaired) electrons. The van der Waals surface area contributed by atoms with Crippen molar-refractivity contribution < 1.29 is 14.7 Å². The molecule has 2 amide bonds. The Balaban J connectivity index is 2.32. The SMILES string of the molecule is CCCCC(NC(=O)NC1CCC(CC)CC1)C(=O)O. The van der Waals surface area contributed by atoms with Crippen molar-refractivity contribution in [3.05, 3.63) is 0 Å². The Hall–Kier alpha value is -1.26. The van der Waals surface area contributed by atoms with E-state index in [4.69, 9.17) is 5.11 Å². The predicted octanol–water partition coefficient (Wildman–Crippen LogP) is 2.90. The fourth-order valence-corrected chi connectivity index (χ4v) is 2.77. The first kappa shape index (κ1) is 16.8. The number of carbonyl (C=O) groups is 2. The molecule has 1 atom stereocenters. The van der Waals surface area contributed by atoms with E-state index < -0.39 is 12.0 Å². The fourth-order valence-electron chi connectivity index (χ4n) is 2.77. The number of hydrogen-bond acceptors (Lipinski definition) is 2. The topological polar surface area (TPSA) is 78.4 Å². The van der Waals surface area contributed by atoms with Crippen LogP contribution in [0, 0.1) is 5.92 Å². The standard InChI is InChI=1S/C15H28N2O3/c1-3-5-6-13(14(18)19)17-15(20)16-12-9-7-11(4-2)8-10-12/h11-13H,3-10H2,1-2H3,(H,18,19)(H2,16,17,20). The van der Waals surface area contributed by atoms with Crippen molar-refractivity contribution in [2.45, 2.75) is 77.3 Å². The summed E-state index contributed by atoms with van der Waals surface area (Å²) < 4.78 is 0. The molecule has 1 unspecified atom stereocenters. The van der Waals surface area contributed by atoms with Gasteiger partial charge in [0.05, 0.1) is 0 Å². The maximum atomic E-state index is 11.9. The molecule has 0 bridgehead atoms. The summed E-state index contributed by atoms with van der Waals surface area (Å²) in [6.45, 7) is 4.21. The first-order valence-electron chi connectivity index (χ1n) is 7.86. The first-order chi connectivity index (χ1) is 9.56. The summed E-state index contributed by atoms with van der Waals surface area (Å²) in [4.78, 5) is 22.9. The van der Waals surface area contributed by atoms with Crippen molar-refractivity contribution in [3.63, 3.8) is 0 Å². The van der Waals surface area contributed by atoms with Gasteiger partial charge in [-0.15, -0.1) is 0 Å². The van der Waals surface area contributed by atoms with E-state index in [1.54, 1.807) is 0 Å². The van der Waals surface area contributed by atoms with Crippen molar-refractivity contribution in [1.29, 1.82) is 0 Å². The molecule has 5 heteroatoms. The second-order valence-corrected chi connectivity index (χ2v) is 5.78. The highest BCUT2D eigenvalue weighted by Crippen LogP contribution is 2.26. The molecule has 1 aliphatic carbocycles. The number of amides is 2. The van der Waals surface area contributed by atoms with Crippen LogP contribution in [0.3, 0.4) is 0 Å². The Kier molecular flexibility index (Phi) is 7.41. The molecule has 0 saturated heterocycles. The Morgan fingerprint density at radius 2 is 1.85 bits per heavy atom. The lowest BCUT2D eigenvalue weighted by molar-refractivity contribution is -0.139. The zero-order chi connectivity index (χ0) is 15.0. The molecule has 1 fully saturated rings. The van der Waals surface area contributed by atoms with E-state index in [9.17, 15) is 9.59 Å². The highest BCUT2D eigenvalue weighted by Gasteiger charge is 2.23. The average Bonchev–Trinajstić information content (AvgIpc) is 2.44. The molecule has 116 valence electrons. The largest absolute Gasteiger partial charge is 0.480 e. The van der Waals surface area contributed by atoms with Crippen LogP contribution in [-0.2, 0) is 4.79 Å². The Bertz CT molecular complexity index is 312. The van der Waals surface area contributed by atoms with Crippen molar-refractivity contribution in [1.82, 2.24) is 10.6 Å². The number of urea groups is 1. The number of carboxylic acids is 1. The van der Waals surface area contributed by atoms with E-state index in [1.165, 1.54) is 6.42 Å². The maximum Gasteiger partial charge on any atom is 0.326 e. The summed E-state index contributed by atoms with van der Waals surface area (Å²) >= 11 is 0. The lowest BCUT2D eigenvalue weighted by Gasteiger charge is -2.28. The van der Waals surface area contributed by atoms with Crippen molar-refractivity contribution >= 4 is 12.0 Å². The van der Waals surface area contributed by atoms with Gasteiger partial charge in [0.15, 0.2) is 0 Å². The third kappa shape index (κ3) is 5.80. The van der Waals surface area contributed by atoms with E-state index >= 15 is 0 Å². The van der Waals surface area contributed by atoms with Gasteiger partial charge in [0.1, 0.15) is 6.04 Å². The van der Waals surface area contributed by atoms with Gasteiger partial charge < -0.3 is 15.7 Å². The highest BCUT2D eigenvalue weighted by molar-refractivity contribution is 5.82. The van der Waals surface area contributed by atoms with Crippen LogP contribution >= 0.6 is 0 Å². The van der Waals surface area contributed by atoms with Crippen LogP contribution in [0.1, 0.15) is 65.2 Å². The molecule has 0 spiro atoms. The van der Waals surface area contributed by atoms with Crippen LogP contribution in [0.25, 0.3) is 0 Å². The van der Waals surface area contributed by atoms with Gasteiger partial charge in [-0.3, -0.25) is 0 Å². The summed E-state index contributed by atoms with van der Waals surface area (Å²) in [6, 6.07) is -0.922. The lowest BCUT2D eigenvalue weighted by Crippen LogP contribution is -2.49. The number of unbranched alkanes of at least 4 members (excludes halogenated alkanes) is 1. The van der Waals surface area contributed by atoms with Gasteiger partial charge in [0.25, 0.3) is 0 Å². The molecule has 0 aliphatic heterocycles. The monoisotopic (exact) mass is 284 g/mol. The normalized spacial score (nSPS) is 23.9. The van der Waals surface area contributed by atoms with Gasteiger partial charge in [-0.25, -0.2) is 9.59 Å². The van der Waals surface area contributed by atoms with Crippen LogP contribution in [0.2, 0.25) is 0 Å². The molecule has 20 heavy (non-hydrogen) atoms. The van der Waals surface area contributed by atoms with Crippen molar-refractivity contribution in [2.24, 2.45) is 5.92 Å². The summed E-state index contributed by atoms with van der Waals surface area (Å²) in [5.41, 5.74) is 0. The van der Waals surface area contributed by atoms with Gasteiger partial charge in [0.2, 0.25) is 0 Å². The third-order valence-corrected chi connectivity index (χ3v) is 4.21. The van der Waals surface area contributed by atoms with Gasteiger partial charge in [0, 0.05) is 6.04 Å². The summed E-state index contributed by atoms with van der Waals surface area (Å²) in [5, 5.41) is 14.6. The van der Waals surface area contributed by atoms with Gasteiger partial charge in [-0.1, -0.05) is 33.1 Å². The molecule has 0 aromatic heterocycles. The molecular weight excluding hydrogens is 256 g/mol. The molecule has 1 rings (SSSR count). The van der Waals surface area contributed by atoms with Gasteiger partial charge in [-0.2, -0.15) is 0 Å². The second-order valence-electron chi connectivity index (χ2n) is 5.78. The minimum atomic E-state index is -0.955. The van der Waals surface area contributed by atoms with Crippen LogP contribution in [0.5, 0.6) is 0 Å². The minimum Gasteiger partial charge on any atom is -0.480 e. The average molecular weight is 284 g/mol. The Morgan fingerprint density at radius 3 is 2.35 bits per heavy atom. The van der Waals surface area contributed by atoms with Crippen LogP contribution in [0.15, 0.2) is 0 Å². The zero-order valence-corrected chi connectivity index (χ0v) is 12.7. The molecule has 0 aromatic rings. The molecule has 5 nitrogen and oxygen atoms in total. The summed E-state index contributed by atoms with van der Waals surface area (Å²) in [7, 11) is 0. The predicted molar refractivity (Wildman–Crippen MR) is 78.7 cm³/mol. The Labute approximate surface area is 121 Å². The summed E-state index contributed by atoms with van der Waals surface area (Å²) in [5.74, 6) is -0.171. The number of carbonyl (C=O) groups excluding carboxylic acids is 1. The molecule has 1 saturated carbocycles. The second kappa shape index (κ2) is 8.82. The zero-order valence-electron chi connectivity index (χ0n) is 12.7. The van der Waals surface area contributed by atoms with Crippen molar-refractivity contribution in [3.8, 4) is 0 Å². The highest BCUT2D eigenvalue weighted by atomic mass is 16.4. The van der Waals surface area contributed by atoms with E-state index in [0.717, 1.165) is 44.4 Å². The molecule has 0 aromatic carbocycles. The van der Waals surface area contributed by atoms with Crippen LogP contribution in [-0.4, -0.2) is 29.2 Å². The number of rotatable bonds is 7. The number of aliphatic carboxylic acids is 1. The van der Waals surface area contributed by atoms with E-state index in [0.29, 0.717) is 6.42 Å². The smallest absolute Gasteiger partial charge is 0.326 e. The minimum absolute atomic E-state index is 0.193.